The Morgan fingerprint density at radius 3 is 1.41 bits per heavy atom. The third kappa shape index (κ3) is 11.6. The highest BCUT2D eigenvalue weighted by molar-refractivity contribution is 5.74. The third-order valence-electron chi connectivity index (χ3n) is 11.5. The van der Waals surface area contributed by atoms with Crippen molar-refractivity contribution < 1.29 is 123 Å². The molecule has 5 saturated heterocycles. The fourth-order valence-electron chi connectivity index (χ4n) is 8.05. The Balaban J connectivity index is 1.51. The van der Waals surface area contributed by atoms with E-state index in [0.717, 1.165) is 20.8 Å². The van der Waals surface area contributed by atoms with Crippen molar-refractivity contribution in [1.82, 2.24) is 16.0 Å². The van der Waals surface area contributed by atoms with Crippen LogP contribution in [0, 0.1) is 0 Å². The Kier molecular flexibility index (Phi) is 18.5. The summed E-state index contributed by atoms with van der Waals surface area (Å²) in [5.41, 5.74) is 0. The van der Waals surface area contributed by atoms with Gasteiger partial charge in [-0.25, -0.2) is 0 Å². The second-order valence-corrected chi connectivity index (χ2v) is 16.2. The molecule has 5 rings (SSSR count). The Morgan fingerprint density at radius 1 is 0.438 bits per heavy atom. The minimum Gasteiger partial charge on any atom is -0.394 e. The monoisotopic (exact) mass is 935 g/mol. The van der Waals surface area contributed by atoms with Gasteiger partial charge in [-0.3, -0.25) is 14.4 Å². The number of aliphatic hydroxyl groups excluding tert-OH is 13. The fourth-order valence-corrected chi connectivity index (χ4v) is 8.05. The number of rotatable bonds is 15. The molecule has 0 aromatic heterocycles. The van der Waals surface area contributed by atoms with Gasteiger partial charge in [0, 0.05) is 20.8 Å². The van der Waals surface area contributed by atoms with Gasteiger partial charge in [-0.05, 0) is 6.92 Å². The molecule has 16 N–H and O–H groups in total. The number of hydrogen-bond donors (Lipinski definition) is 16. The topological polar surface area (TPSA) is 433 Å². The van der Waals surface area contributed by atoms with Crippen molar-refractivity contribution in [1.29, 1.82) is 0 Å². The van der Waals surface area contributed by atoms with E-state index in [9.17, 15) is 80.8 Å². The number of amides is 3. The van der Waals surface area contributed by atoms with E-state index in [1.807, 2.05) is 0 Å². The van der Waals surface area contributed by atoms with Crippen LogP contribution < -0.4 is 16.0 Å². The van der Waals surface area contributed by atoms with Crippen molar-refractivity contribution in [2.24, 2.45) is 0 Å². The van der Waals surface area contributed by atoms with Crippen LogP contribution in [0.15, 0.2) is 0 Å². The zero-order valence-corrected chi connectivity index (χ0v) is 35.0. The molecule has 5 fully saturated rings. The summed E-state index contributed by atoms with van der Waals surface area (Å²) in [6, 6.07) is -4.76. The molecule has 370 valence electrons. The van der Waals surface area contributed by atoms with Crippen LogP contribution in [0.2, 0.25) is 0 Å². The highest BCUT2D eigenvalue weighted by Crippen LogP contribution is 2.36. The maximum Gasteiger partial charge on any atom is 0.217 e. The first-order chi connectivity index (χ1) is 30.1. The lowest BCUT2D eigenvalue weighted by Gasteiger charge is -2.51. The number of carbonyl (C=O) groups excluding carboxylic acids is 3. The number of ether oxygens (including phenoxy) is 9. The van der Waals surface area contributed by atoms with Gasteiger partial charge in [0.15, 0.2) is 31.5 Å². The van der Waals surface area contributed by atoms with E-state index in [4.69, 9.17) is 42.6 Å². The van der Waals surface area contributed by atoms with Crippen LogP contribution in [-0.4, -0.2) is 264 Å². The van der Waals surface area contributed by atoms with E-state index in [-0.39, 0.29) is 0 Å². The zero-order valence-electron chi connectivity index (χ0n) is 35.0. The van der Waals surface area contributed by atoms with E-state index < -0.39 is 197 Å². The molecular weight excluding hydrogens is 874 g/mol. The average Bonchev–Trinajstić information content (AvgIpc) is 3.24. The summed E-state index contributed by atoms with van der Waals surface area (Å²) in [5, 5.41) is 147. The lowest BCUT2D eigenvalue weighted by atomic mass is 9.94. The van der Waals surface area contributed by atoms with Crippen LogP contribution in [-0.2, 0) is 57.0 Å². The molecule has 0 spiro atoms. The van der Waals surface area contributed by atoms with Crippen LogP contribution in [0.3, 0.4) is 0 Å². The molecule has 0 radical (unpaired) electrons. The fraction of sp³-hybridized carbons (Fsp3) is 0.917. The molecule has 0 saturated carbocycles. The second kappa shape index (κ2) is 22.6. The molecule has 0 aromatic carbocycles. The second-order valence-electron chi connectivity index (χ2n) is 16.2. The Labute approximate surface area is 364 Å². The van der Waals surface area contributed by atoms with Crippen molar-refractivity contribution in [3.63, 3.8) is 0 Å². The van der Waals surface area contributed by atoms with Crippen molar-refractivity contribution >= 4 is 17.7 Å². The van der Waals surface area contributed by atoms with Crippen molar-refractivity contribution in [2.45, 2.75) is 181 Å². The van der Waals surface area contributed by atoms with Gasteiger partial charge in [0.2, 0.25) is 17.7 Å². The zero-order chi connectivity index (χ0) is 47.5. The van der Waals surface area contributed by atoms with Gasteiger partial charge in [-0.15, -0.1) is 0 Å². The van der Waals surface area contributed by atoms with Gasteiger partial charge in [0.25, 0.3) is 0 Å². The summed E-state index contributed by atoms with van der Waals surface area (Å²) in [7, 11) is 0. The molecule has 5 aliphatic rings. The van der Waals surface area contributed by atoms with E-state index >= 15 is 0 Å². The van der Waals surface area contributed by atoms with Crippen molar-refractivity contribution in [2.75, 3.05) is 26.4 Å². The van der Waals surface area contributed by atoms with E-state index in [0.29, 0.717) is 0 Å². The third-order valence-corrected chi connectivity index (χ3v) is 11.5. The summed E-state index contributed by atoms with van der Waals surface area (Å²) in [6.45, 7) is 1.05. The largest absolute Gasteiger partial charge is 0.394 e. The first-order valence-electron chi connectivity index (χ1n) is 20.4. The SMILES string of the molecule is CC(=O)N[C@@H]1[C@@H](O[C@@H]2O[C@H](CO)[C@H](O)[C@H](O[C@H]3O[C@H](CO)[C@H](O)[C@H](O)[C@H]3NC(C)=O)[C@H]2O[C@@H]2O[C@@H](C)[C@@H](O)[C@@H](O)[C@@H]2O)[C@@H](O)[C@@H](CO[C@@H]2O[C@H](CO)[C@@H](O)[C@H](O)[C@H]2NC(C)=O)O[C@@H]1O. The molecule has 5 heterocycles. The van der Waals surface area contributed by atoms with Gasteiger partial charge in [0.1, 0.15) is 116 Å². The molecule has 25 atom stereocenters. The summed E-state index contributed by atoms with van der Waals surface area (Å²) in [5.74, 6) is -2.23. The van der Waals surface area contributed by atoms with Crippen LogP contribution in [0.25, 0.3) is 0 Å². The van der Waals surface area contributed by atoms with E-state index in [1.165, 1.54) is 6.92 Å². The predicted molar refractivity (Wildman–Crippen MR) is 200 cm³/mol. The standard InChI is InChI=1S/C36H61N3O25/c1-9-20(46)27(53)28(54)35(57-9)64-31-30(63-34-18(38-11(3)44)26(52)22(48)14(6-41)60-34)23(49)15(7-42)61-36(31)62-29-19(39-12(4)45)32(55)58-16(24(29)50)8-56-33-17(37-10(2)43)25(51)21(47)13(5-40)59-33/h9,13-36,40-42,46-55H,5-8H2,1-4H3,(H,37,43)(H,38,44)(H,39,45)/t9-,13+,14+,15+,16+,17+,18+,19+,20+,21+,22-,23-,24-,25+,26+,27+,28-,29+,30-,31+,32-,33+,34+,35-,36-/m0/s1. The normalized spacial score (nSPS) is 47.7. The summed E-state index contributed by atoms with van der Waals surface area (Å²) in [6.07, 6.45) is -39.5. The molecule has 0 aromatic rings. The number of hydrogen-bond acceptors (Lipinski definition) is 25. The van der Waals surface area contributed by atoms with Gasteiger partial charge in [0.05, 0.1) is 32.5 Å². The van der Waals surface area contributed by atoms with Gasteiger partial charge in [-0.2, -0.15) is 0 Å². The lowest BCUT2D eigenvalue weighted by Crippen LogP contribution is -2.70. The highest BCUT2D eigenvalue weighted by atomic mass is 16.8. The molecule has 5 aliphatic heterocycles. The first kappa shape index (κ1) is 52.5. The molecule has 0 bridgehead atoms. The highest BCUT2D eigenvalue weighted by Gasteiger charge is 2.57. The molecule has 0 aliphatic carbocycles. The van der Waals surface area contributed by atoms with E-state index in [2.05, 4.69) is 16.0 Å². The van der Waals surface area contributed by atoms with Crippen LogP contribution in [0.5, 0.6) is 0 Å². The minimum absolute atomic E-state index is 0.682. The Hall–Kier alpha value is -2.47. The Bertz CT molecular complexity index is 1540. The van der Waals surface area contributed by atoms with Gasteiger partial charge >= 0.3 is 0 Å². The summed E-state index contributed by atoms with van der Waals surface area (Å²) < 4.78 is 52.5. The smallest absolute Gasteiger partial charge is 0.217 e. The Morgan fingerprint density at radius 2 is 0.875 bits per heavy atom. The molecule has 28 nitrogen and oxygen atoms in total. The van der Waals surface area contributed by atoms with Crippen LogP contribution in [0.1, 0.15) is 27.7 Å². The molecule has 64 heavy (non-hydrogen) atoms. The number of carbonyl (C=O) groups is 3. The minimum atomic E-state index is -2.07. The van der Waals surface area contributed by atoms with Crippen molar-refractivity contribution in [3.05, 3.63) is 0 Å². The van der Waals surface area contributed by atoms with Crippen LogP contribution in [0.4, 0.5) is 0 Å². The number of aliphatic hydroxyl groups is 13. The summed E-state index contributed by atoms with van der Waals surface area (Å²) in [4.78, 5) is 36.7. The van der Waals surface area contributed by atoms with E-state index in [1.54, 1.807) is 0 Å². The molecular formula is C36H61N3O25. The maximum atomic E-state index is 12.4. The quantitative estimate of drug-likeness (QED) is 0.0725. The molecule has 28 heteroatoms. The first-order valence-corrected chi connectivity index (χ1v) is 20.4. The molecule has 0 unspecified atom stereocenters. The van der Waals surface area contributed by atoms with Crippen molar-refractivity contribution in [3.8, 4) is 0 Å². The maximum absolute atomic E-state index is 12.4. The predicted octanol–water partition coefficient (Wildman–Crippen LogP) is -10.5. The molecule has 3 amide bonds. The number of nitrogens with one attached hydrogen (secondary N) is 3. The van der Waals surface area contributed by atoms with Gasteiger partial charge < -0.3 is 125 Å². The lowest BCUT2D eigenvalue weighted by molar-refractivity contribution is -0.397. The van der Waals surface area contributed by atoms with Crippen LogP contribution >= 0.6 is 0 Å². The average molecular weight is 936 g/mol. The van der Waals surface area contributed by atoms with Gasteiger partial charge in [-0.1, -0.05) is 0 Å². The summed E-state index contributed by atoms with van der Waals surface area (Å²) >= 11 is 0.